The summed E-state index contributed by atoms with van der Waals surface area (Å²) in [6.45, 7) is 2.12. The van der Waals surface area contributed by atoms with Crippen LogP contribution in [0.4, 0.5) is 5.13 Å². The number of amides is 1. The highest BCUT2D eigenvalue weighted by Gasteiger charge is 2.53. The van der Waals surface area contributed by atoms with Gasteiger partial charge in [0.2, 0.25) is 5.91 Å². The third kappa shape index (κ3) is 2.78. The SMILES string of the molecule is C[C@]1(C(=O)Nc2nc(-c3ccccc3)cs2)CC2c3ccccc3C1c1ccccc12. The molecule has 0 radical (unpaired) electrons. The number of anilines is 1. The van der Waals surface area contributed by atoms with Gasteiger partial charge < -0.3 is 5.32 Å². The van der Waals surface area contributed by atoms with E-state index in [1.807, 2.05) is 35.7 Å². The van der Waals surface area contributed by atoms with Crippen LogP contribution in [0.5, 0.6) is 0 Å². The van der Waals surface area contributed by atoms with Crippen LogP contribution in [0, 0.1) is 5.41 Å². The fourth-order valence-electron chi connectivity index (χ4n) is 5.50. The van der Waals surface area contributed by atoms with Crippen LogP contribution in [-0.2, 0) is 4.79 Å². The maximum Gasteiger partial charge on any atom is 0.233 e. The van der Waals surface area contributed by atoms with Crippen molar-refractivity contribution >= 4 is 22.4 Å². The average molecular weight is 423 g/mol. The predicted molar refractivity (Wildman–Crippen MR) is 125 cm³/mol. The van der Waals surface area contributed by atoms with Crippen LogP contribution in [-0.4, -0.2) is 10.9 Å². The number of hydrogen-bond donors (Lipinski definition) is 1. The fourth-order valence-corrected chi connectivity index (χ4v) is 6.22. The number of hydrogen-bond acceptors (Lipinski definition) is 3. The van der Waals surface area contributed by atoms with E-state index in [0.717, 1.165) is 17.7 Å². The van der Waals surface area contributed by atoms with E-state index in [0.29, 0.717) is 5.13 Å². The van der Waals surface area contributed by atoms with Crippen molar-refractivity contribution in [1.82, 2.24) is 4.98 Å². The molecule has 0 saturated carbocycles. The molecule has 0 aliphatic heterocycles. The molecular formula is C27H22N2OS. The van der Waals surface area contributed by atoms with Gasteiger partial charge in [-0.2, -0.15) is 0 Å². The summed E-state index contributed by atoms with van der Waals surface area (Å²) in [6.07, 6.45) is 0.814. The lowest BCUT2D eigenvalue weighted by Gasteiger charge is -2.50. The summed E-state index contributed by atoms with van der Waals surface area (Å²) in [7, 11) is 0. The molecular weight excluding hydrogens is 400 g/mol. The van der Waals surface area contributed by atoms with Crippen LogP contribution in [0.1, 0.15) is 47.4 Å². The van der Waals surface area contributed by atoms with E-state index in [1.54, 1.807) is 0 Å². The lowest BCUT2D eigenvalue weighted by molar-refractivity contribution is -0.126. The molecule has 7 rings (SSSR count). The zero-order valence-corrected chi connectivity index (χ0v) is 18.0. The highest BCUT2D eigenvalue weighted by Crippen LogP contribution is 2.61. The highest BCUT2D eigenvalue weighted by molar-refractivity contribution is 7.14. The van der Waals surface area contributed by atoms with Crippen molar-refractivity contribution in [3.63, 3.8) is 0 Å². The second-order valence-electron chi connectivity index (χ2n) is 8.72. The van der Waals surface area contributed by atoms with E-state index in [2.05, 4.69) is 65.8 Å². The van der Waals surface area contributed by atoms with Crippen molar-refractivity contribution in [3.05, 3.63) is 106 Å². The minimum absolute atomic E-state index is 0.0541. The van der Waals surface area contributed by atoms with Crippen LogP contribution in [0.3, 0.4) is 0 Å². The second-order valence-corrected chi connectivity index (χ2v) is 9.58. The minimum Gasteiger partial charge on any atom is -0.301 e. The molecule has 0 spiro atoms. The summed E-state index contributed by atoms with van der Waals surface area (Å²) in [4.78, 5) is 18.4. The van der Waals surface area contributed by atoms with Gasteiger partial charge in [0.1, 0.15) is 0 Å². The molecule has 31 heavy (non-hydrogen) atoms. The number of nitrogens with one attached hydrogen (secondary N) is 1. The molecule has 152 valence electrons. The van der Waals surface area contributed by atoms with Crippen molar-refractivity contribution in [2.24, 2.45) is 5.41 Å². The van der Waals surface area contributed by atoms with E-state index in [1.165, 1.54) is 33.6 Å². The van der Waals surface area contributed by atoms with E-state index in [-0.39, 0.29) is 17.7 Å². The number of fused-ring (bicyclic) bond motifs is 1. The summed E-state index contributed by atoms with van der Waals surface area (Å²) in [5.74, 6) is 0.364. The molecule has 1 atom stereocenters. The molecule has 4 heteroatoms. The van der Waals surface area contributed by atoms with Gasteiger partial charge in [-0.15, -0.1) is 11.3 Å². The number of carbonyl (C=O) groups is 1. The lowest BCUT2D eigenvalue weighted by Crippen LogP contribution is -2.47. The number of nitrogens with zero attached hydrogens (tertiary/aromatic N) is 1. The molecule has 0 fully saturated rings. The molecule has 1 amide bonds. The van der Waals surface area contributed by atoms with Crippen LogP contribution < -0.4 is 5.32 Å². The van der Waals surface area contributed by atoms with E-state index < -0.39 is 5.41 Å². The molecule has 1 heterocycles. The smallest absolute Gasteiger partial charge is 0.233 e. The maximum atomic E-state index is 13.7. The Kier molecular flexibility index (Phi) is 4.12. The Morgan fingerprint density at radius 1 is 0.903 bits per heavy atom. The molecule has 1 aromatic heterocycles. The Morgan fingerprint density at radius 3 is 2.13 bits per heavy atom. The number of thiazole rings is 1. The van der Waals surface area contributed by atoms with E-state index in [9.17, 15) is 4.79 Å². The quantitative estimate of drug-likeness (QED) is 0.413. The lowest BCUT2D eigenvalue weighted by atomic mass is 9.52. The molecule has 3 aromatic carbocycles. The normalized spacial score (nSPS) is 23.1. The number of benzene rings is 3. The summed E-state index contributed by atoms with van der Waals surface area (Å²) >= 11 is 1.48. The minimum atomic E-state index is -0.522. The predicted octanol–water partition coefficient (Wildman–Crippen LogP) is 6.44. The number of carbonyl (C=O) groups excluding carboxylic acids is 1. The van der Waals surface area contributed by atoms with Gasteiger partial charge in [-0.1, -0.05) is 78.9 Å². The third-order valence-corrected chi connectivity index (χ3v) is 7.70. The summed E-state index contributed by atoms with van der Waals surface area (Å²) < 4.78 is 0. The molecule has 0 unspecified atom stereocenters. The summed E-state index contributed by atoms with van der Waals surface area (Å²) in [6, 6.07) is 27.3. The van der Waals surface area contributed by atoms with Crippen molar-refractivity contribution in [2.75, 3.05) is 5.32 Å². The number of aromatic nitrogens is 1. The molecule has 3 aliphatic rings. The monoisotopic (exact) mass is 422 g/mol. The van der Waals surface area contributed by atoms with Gasteiger partial charge in [0, 0.05) is 22.8 Å². The molecule has 4 aromatic rings. The first-order valence-electron chi connectivity index (χ1n) is 10.7. The molecule has 2 bridgehead atoms. The first-order chi connectivity index (χ1) is 15.1. The average Bonchev–Trinajstić information content (AvgIpc) is 3.28. The van der Waals surface area contributed by atoms with Crippen LogP contribution in [0.2, 0.25) is 0 Å². The zero-order valence-electron chi connectivity index (χ0n) is 17.2. The molecule has 1 N–H and O–H groups in total. The first kappa shape index (κ1) is 18.5. The summed E-state index contributed by atoms with van der Waals surface area (Å²) in [5, 5.41) is 5.82. The largest absolute Gasteiger partial charge is 0.301 e. The van der Waals surface area contributed by atoms with E-state index >= 15 is 0 Å². The standard InChI is InChI=1S/C27H22N2OS/c1-27(25(30)29-26-28-23(16-31-26)17-9-3-2-4-10-17)15-22-18-11-5-7-13-20(18)24(27)21-14-8-6-12-19(21)22/h2-14,16,22,24H,15H2,1H3,(H,28,29,30)/t22?,24?,27-/m0/s1. The Balaban J connectivity index is 1.36. The highest BCUT2D eigenvalue weighted by atomic mass is 32.1. The van der Waals surface area contributed by atoms with Crippen molar-refractivity contribution in [1.29, 1.82) is 0 Å². The van der Waals surface area contributed by atoms with E-state index in [4.69, 9.17) is 0 Å². The molecule has 3 aliphatic carbocycles. The number of rotatable bonds is 3. The van der Waals surface area contributed by atoms with Gasteiger partial charge in [-0.3, -0.25) is 4.79 Å². The Labute approximate surface area is 185 Å². The maximum absolute atomic E-state index is 13.7. The fraction of sp³-hybridized carbons (Fsp3) is 0.185. The summed E-state index contributed by atoms with van der Waals surface area (Å²) in [5.41, 5.74) is 6.76. The van der Waals surface area contributed by atoms with Crippen molar-refractivity contribution < 1.29 is 4.79 Å². The topological polar surface area (TPSA) is 42.0 Å². The van der Waals surface area contributed by atoms with Crippen LogP contribution in [0.15, 0.2) is 84.2 Å². The van der Waals surface area contributed by atoms with Crippen LogP contribution >= 0.6 is 11.3 Å². The van der Waals surface area contributed by atoms with Crippen molar-refractivity contribution in [2.45, 2.75) is 25.2 Å². The van der Waals surface area contributed by atoms with Gasteiger partial charge >= 0.3 is 0 Å². The Morgan fingerprint density at radius 2 is 1.48 bits per heavy atom. The van der Waals surface area contributed by atoms with Gasteiger partial charge in [0.15, 0.2) is 5.13 Å². The van der Waals surface area contributed by atoms with Crippen molar-refractivity contribution in [3.8, 4) is 11.3 Å². The zero-order chi connectivity index (χ0) is 21.0. The van der Waals surface area contributed by atoms with Gasteiger partial charge in [0.05, 0.1) is 11.1 Å². The van der Waals surface area contributed by atoms with Gasteiger partial charge in [0.25, 0.3) is 0 Å². The van der Waals surface area contributed by atoms with Gasteiger partial charge in [-0.25, -0.2) is 4.98 Å². The molecule has 0 saturated heterocycles. The van der Waals surface area contributed by atoms with Gasteiger partial charge in [-0.05, 0) is 35.6 Å². The van der Waals surface area contributed by atoms with Crippen LogP contribution in [0.25, 0.3) is 11.3 Å². The Hall–Kier alpha value is -3.24. The second kappa shape index (κ2) is 6.89. The first-order valence-corrected chi connectivity index (χ1v) is 11.5. The molecule has 3 nitrogen and oxygen atoms in total. The Bertz CT molecular complexity index is 1250. The third-order valence-electron chi connectivity index (χ3n) is 6.94.